The predicted octanol–water partition coefficient (Wildman–Crippen LogP) is 1.63. The Kier molecular flexibility index (Phi) is 3.57. The molecule has 2 N–H and O–H groups in total. The lowest BCUT2D eigenvalue weighted by Gasteiger charge is -2.10. The second-order valence-corrected chi connectivity index (χ2v) is 4.08. The lowest BCUT2D eigenvalue weighted by molar-refractivity contribution is 0.0598. The van der Waals surface area contributed by atoms with Gasteiger partial charge in [-0.1, -0.05) is 11.6 Å². The van der Waals surface area contributed by atoms with Crippen molar-refractivity contribution in [3.63, 3.8) is 0 Å². The first kappa shape index (κ1) is 13.2. The fraction of sp³-hybridized carbons (Fsp3) is 0.182. The van der Waals surface area contributed by atoms with E-state index in [4.69, 9.17) is 22.1 Å². The van der Waals surface area contributed by atoms with Crippen molar-refractivity contribution in [2.45, 2.75) is 0 Å². The van der Waals surface area contributed by atoms with Crippen LogP contribution < -0.4 is 10.5 Å². The van der Waals surface area contributed by atoms with Crippen LogP contribution in [0.5, 0.6) is 11.8 Å². The van der Waals surface area contributed by atoms with Gasteiger partial charge in [-0.15, -0.1) is 5.10 Å². The van der Waals surface area contributed by atoms with E-state index in [0.717, 1.165) is 0 Å². The summed E-state index contributed by atoms with van der Waals surface area (Å²) >= 11 is 6.02. The van der Waals surface area contributed by atoms with Crippen LogP contribution in [0.15, 0.2) is 18.5 Å². The van der Waals surface area contributed by atoms with Crippen molar-refractivity contribution in [1.82, 2.24) is 14.8 Å². The molecule has 1 heterocycles. The Labute approximate surface area is 113 Å². The highest BCUT2D eigenvalue weighted by atomic mass is 35.5. The number of ether oxygens (including phenoxy) is 2. The van der Waals surface area contributed by atoms with E-state index >= 15 is 0 Å². The van der Waals surface area contributed by atoms with Crippen LogP contribution in [0.2, 0.25) is 5.02 Å². The molecule has 0 fully saturated rings. The van der Waals surface area contributed by atoms with Gasteiger partial charge < -0.3 is 15.2 Å². The van der Waals surface area contributed by atoms with Crippen molar-refractivity contribution in [2.24, 2.45) is 7.05 Å². The fourth-order valence-electron chi connectivity index (χ4n) is 1.44. The summed E-state index contributed by atoms with van der Waals surface area (Å²) < 4.78 is 11.5. The van der Waals surface area contributed by atoms with Gasteiger partial charge in [0.05, 0.1) is 12.1 Å². The monoisotopic (exact) mass is 282 g/mol. The maximum absolute atomic E-state index is 11.7. The van der Waals surface area contributed by atoms with E-state index in [1.807, 2.05) is 0 Å². The number of methoxy groups -OCH3 is 1. The van der Waals surface area contributed by atoms with Gasteiger partial charge in [0.15, 0.2) is 5.75 Å². The summed E-state index contributed by atoms with van der Waals surface area (Å²) in [6, 6.07) is 2.95. The lowest BCUT2D eigenvalue weighted by Crippen LogP contribution is -2.06. The second-order valence-electron chi connectivity index (χ2n) is 3.67. The standard InChI is InChI=1S/C11H11ClN4O3/c1-16-5-14-11(15-16)19-9-7(10(17)18-2)3-6(13)4-8(9)12/h3-5H,13H2,1-2H3. The van der Waals surface area contributed by atoms with Crippen molar-refractivity contribution >= 4 is 23.3 Å². The number of rotatable bonds is 3. The lowest BCUT2D eigenvalue weighted by atomic mass is 10.2. The Morgan fingerprint density at radius 1 is 1.47 bits per heavy atom. The number of nitrogen functional groups attached to an aromatic ring is 1. The minimum atomic E-state index is -0.611. The Bertz CT molecular complexity index is 626. The zero-order chi connectivity index (χ0) is 14.0. The molecule has 0 saturated heterocycles. The van der Waals surface area contributed by atoms with Crippen LogP contribution in [0.1, 0.15) is 10.4 Å². The summed E-state index contributed by atoms with van der Waals surface area (Å²) in [5, 5.41) is 4.11. The third-order valence-electron chi connectivity index (χ3n) is 2.24. The van der Waals surface area contributed by atoms with Gasteiger partial charge >= 0.3 is 12.0 Å². The zero-order valence-electron chi connectivity index (χ0n) is 10.3. The van der Waals surface area contributed by atoms with Gasteiger partial charge in [-0.3, -0.25) is 4.68 Å². The summed E-state index contributed by atoms with van der Waals surface area (Å²) in [6.45, 7) is 0. The highest BCUT2D eigenvalue weighted by Crippen LogP contribution is 2.34. The number of carbonyl (C=O) groups is 1. The molecule has 0 atom stereocenters. The smallest absolute Gasteiger partial charge is 0.341 e. The van der Waals surface area contributed by atoms with E-state index < -0.39 is 5.97 Å². The van der Waals surface area contributed by atoms with Crippen molar-refractivity contribution < 1.29 is 14.3 Å². The molecule has 2 aromatic rings. The largest absolute Gasteiger partial charge is 0.465 e. The molecule has 100 valence electrons. The van der Waals surface area contributed by atoms with E-state index in [0.29, 0.717) is 5.69 Å². The van der Waals surface area contributed by atoms with Crippen LogP contribution in [-0.4, -0.2) is 27.8 Å². The molecule has 7 nitrogen and oxygen atoms in total. The minimum Gasteiger partial charge on any atom is -0.465 e. The van der Waals surface area contributed by atoms with Crippen LogP contribution in [0.25, 0.3) is 0 Å². The second kappa shape index (κ2) is 5.15. The molecule has 1 aromatic carbocycles. The SMILES string of the molecule is COC(=O)c1cc(N)cc(Cl)c1Oc1ncn(C)n1. The number of carbonyl (C=O) groups excluding carboxylic acids is 1. The number of nitrogens with two attached hydrogens (primary N) is 1. The number of nitrogens with zero attached hydrogens (tertiary/aromatic N) is 3. The van der Waals surface area contributed by atoms with Crippen LogP contribution in [0.3, 0.4) is 0 Å². The van der Waals surface area contributed by atoms with E-state index in [9.17, 15) is 4.79 Å². The van der Waals surface area contributed by atoms with E-state index in [1.165, 1.54) is 30.3 Å². The number of hydrogen-bond donors (Lipinski definition) is 1. The van der Waals surface area contributed by atoms with Gasteiger partial charge in [0.25, 0.3) is 0 Å². The Morgan fingerprint density at radius 2 is 2.21 bits per heavy atom. The molecule has 0 unspecified atom stereocenters. The van der Waals surface area contributed by atoms with Crippen molar-refractivity contribution in [1.29, 1.82) is 0 Å². The molecule has 0 spiro atoms. The van der Waals surface area contributed by atoms with Crippen LogP contribution >= 0.6 is 11.6 Å². The third kappa shape index (κ3) is 2.76. The van der Waals surface area contributed by atoms with Crippen molar-refractivity contribution in [3.05, 3.63) is 29.0 Å². The molecule has 0 saturated carbocycles. The Morgan fingerprint density at radius 3 is 2.79 bits per heavy atom. The molecule has 0 bridgehead atoms. The summed E-state index contributed by atoms with van der Waals surface area (Å²) in [4.78, 5) is 15.6. The first-order valence-corrected chi connectivity index (χ1v) is 5.60. The van der Waals surface area contributed by atoms with E-state index in [-0.39, 0.29) is 22.3 Å². The fourth-order valence-corrected chi connectivity index (χ4v) is 1.70. The summed E-state index contributed by atoms with van der Waals surface area (Å²) in [6.07, 6.45) is 1.46. The maximum atomic E-state index is 11.7. The first-order valence-electron chi connectivity index (χ1n) is 5.22. The maximum Gasteiger partial charge on any atom is 0.341 e. The molecule has 0 aliphatic rings. The minimum absolute atomic E-state index is 0.0688. The number of halogens is 1. The molecule has 0 amide bonds. The highest BCUT2D eigenvalue weighted by Gasteiger charge is 2.19. The van der Waals surface area contributed by atoms with E-state index in [2.05, 4.69) is 14.8 Å². The number of hydrogen-bond acceptors (Lipinski definition) is 6. The van der Waals surface area contributed by atoms with Gasteiger partial charge in [-0.25, -0.2) is 4.79 Å². The molecule has 1 aromatic heterocycles. The molecule has 8 heteroatoms. The normalized spacial score (nSPS) is 10.3. The quantitative estimate of drug-likeness (QED) is 0.679. The zero-order valence-corrected chi connectivity index (χ0v) is 11.0. The van der Waals surface area contributed by atoms with E-state index in [1.54, 1.807) is 7.05 Å². The Balaban J connectivity index is 2.45. The molecule has 0 aliphatic carbocycles. The van der Waals surface area contributed by atoms with Crippen LogP contribution in [0.4, 0.5) is 5.69 Å². The number of aromatic nitrogens is 3. The topological polar surface area (TPSA) is 92.3 Å². The van der Waals surface area contributed by atoms with Crippen LogP contribution in [-0.2, 0) is 11.8 Å². The van der Waals surface area contributed by atoms with Crippen molar-refractivity contribution in [3.8, 4) is 11.8 Å². The first-order chi connectivity index (χ1) is 9.01. The van der Waals surface area contributed by atoms with Crippen LogP contribution in [0, 0.1) is 0 Å². The van der Waals surface area contributed by atoms with Gasteiger partial charge in [0.2, 0.25) is 0 Å². The van der Waals surface area contributed by atoms with Gasteiger partial charge in [0.1, 0.15) is 11.9 Å². The average molecular weight is 283 g/mol. The molecule has 19 heavy (non-hydrogen) atoms. The average Bonchev–Trinajstić information content (AvgIpc) is 2.77. The molecule has 0 aliphatic heterocycles. The summed E-state index contributed by atoms with van der Waals surface area (Å²) in [7, 11) is 2.94. The molecule has 2 rings (SSSR count). The predicted molar refractivity (Wildman–Crippen MR) is 68.3 cm³/mol. The van der Waals surface area contributed by atoms with Gasteiger partial charge in [-0.2, -0.15) is 4.98 Å². The number of benzene rings is 1. The molecular formula is C11H11ClN4O3. The summed E-state index contributed by atoms with van der Waals surface area (Å²) in [5.41, 5.74) is 6.07. The number of aryl methyl sites for hydroxylation is 1. The third-order valence-corrected chi connectivity index (χ3v) is 2.52. The molecule has 0 radical (unpaired) electrons. The van der Waals surface area contributed by atoms with Crippen molar-refractivity contribution in [2.75, 3.05) is 12.8 Å². The molecular weight excluding hydrogens is 272 g/mol. The highest BCUT2D eigenvalue weighted by molar-refractivity contribution is 6.33. The number of esters is 1. The van der Waals surface area contributed by atoms with Gasteiger partial charge in [-0.05, 0) is 12.1 Å². The Hall–Kier alpha value is -2.28. The van der Waals surface area contributed by atoms with Gasteiger partial charge in [0, 0.05) is 12.7 Å². The number of anilines is 1. The summed E-state index contributed by atoms with van der Waals surface area (Å²) in [5.74, 6) is -0.506.